The molecule has 1 heterocycles. The van der Waals surface area contributed by atoms with Crippen molar-refractivity contribution in [3.63, 3.8) is 0 Å². The van der Waals surface area contributed by atoms with E-state index in [1.165, 1.54) is 80.7 Å². The zero-order valence-electron chi connectivity index (χ0n) is 26.3. The van der Waals surface area contributed by atoms with E-state index in [4.69, 9.17) is 0 Å². The van der Waals surface area contributed by atoms with E-state index in [2.05, 4.69) is 162 Å². The van der Waals surface area contributed by atoms with Crippen LogP contribution in [0.15, 0.2) is 115 Å². The summed E-state index contributed by atoms with van der Waals surface area (Å²) in [5.41, 5.74) is 6.40. The number of benzene rings is 7. The maximum Gasteiger partial charge on any atom is 0.0640 e. The van der Waals surface area contributed by atoms with Gasteiger partial charge >= 0.3 is 0 Å². The van der Waals surface area contributed by atoms with Crippen LogP contribution in [0.5, 0.6) is 0 Å². The minimum atomic E-state index is -0.0457. The maximum atomic E-state index is 2.52. The molecule has 0 bridgehead atoms. The molecule has 2 heteroatoms. The number of hydrogen-bond acceptors (Lipinski definition) is 2. The van der Waals surface area contributed by atoms with Crippen LogP contribution >= 0.6 is 11.3 Å². The van der Waals surface area contributed by atoms with E-state index in [0.717, 1.165) is 0 Å². The van der Waals surface area contributed by atoms with Gasteiger partial charge in [0.2, 0.25) is 0 Å². The van der Waals surface area contributed by atoms with E-state index >= 15 is 0 Å². The second kappa shape index (κ2) is 9.55. The largest absolute Gasteiger partial charge is 0.308 e. The number of rotatable bonds is 3. The van der Waals surface area contributed by atoms with Crippen LogP contribution in [0, 0.1) is 0 Å². The molecule has 0 unspecified atom stereocenters. The summed E-state index contributed by atoms with van der Waals surface area (Å²) in [5, 5.41) is 10.7. The molecule has 1 aromatic heterocycles. The lowest BCUT2D eigenvalue weighted by Gasteiger charge is -2.32. The Balaban J connectivity index is 1.55. The SMILES string of the molecule is CC(C)(C)c1ccc2ccc3c(C(C)(C)C)cc(N(c4ccccc4)c4cccc5c4sc4ccccc45)c4ccc1c2c43. The summed E-state index contributed by atoms with van der Waals surface area (Å²) < 4.78 is 2.64. The monoisotopic (exact) mass is 587 g/mol. The van der Waals surface area contributed by atoms with Gasteiger partial charge in [0.05, 0.1) is 16.1 Å². The third-order valence-corrected chi connectivity index (χ3v) is 10.5. The predicted molar refractivity (Wildman–Crippen MR) is 195 cm³/mol. The van der Waals surface area contributed by atoms with Crippen molar-refractivity contribution in [1.29, 1.82) is 0 Å². The zero-order chi connectivity index (χ0) is 30.4. The lowest BCUT2D eigenvalue weighted by molar-refractivity contribution is 0.595. The number of anilines is 3. The van der Waals surface area contributed by atoms with Crippen LogP contribution in [-0.4, -0.2) is 0 Å². The molecule has 0 radical (unpaired) electrons. The molecular formula is C42H37NS. The van der Waals surface area contributed by atoms with Gasteiger partial charge in [0.15, 0.2) is 0 Å². The molecule has 216 valence electrons. The lowest BCUT2D eigenvalue weighted by atomic mass is 9.78. The minimum absolute atomic E-state index is 0.0457. The predicted octanol–water partition coefficient (Wildman–Crippen LogP) is 13.0. The molecule has 0 saturated heterocycles. The van der Waals surface area contributed by atoms with Crippen molar-refractivity contribution in [2.24, 2.45) is 0 Å². The zero-order valence-corrected chi connectivity index (χ0v) is 27.1. The van der Waals surface area contributed by atoms with Gasteiger partial charge < -0.3 is 4.90 Å². The van der Waals surface area contributed by atoms with E-state index in [1.807, 2.05) is 11.3 Å². The number of hydrogen-bond donors (Lipinski definition) is 0. The van der Waals surface area contributed by atoms with Crippen LogP contribution in [0.2, 0.25) is 0 Å². The summed E-state index contributed by atoms with van der Waals surface area (Å²) in [4.78, 5) is 2.52. The summed E-state index contributed by atoms with van der Waals surface area (Å²) in [7, 11) is 0. The Bertz CT molecular complexity index is 2350. The minimum Gasteiger partial charge on any atom is -0.308 e. The molecule has 7 aromatic carbocycles. The van der Waals surface area contributed by atoms with Crippen LogP contribution in [0.3, 0.4) is 0 Å². The molecule has 8 aromatic rings. The fourth-order valence-electron chi connectivity index (χ4n) is 7.23. The summed E-state index contributed by atoms with van der Waals surface area (Å²) in [5.74, 6) is 0. The fourth-order valence-corrected chi connectivity index (χ4v) is 8.44. The number of para-hydroxylation sites is 1. The summed E-state index contributed by atoms with van der Waals surface area (Å²) in [6.45, 7) is 14.0. The second-order valence-electron chi connectivity index (χ2n) is 14.2. The summed E-state index contributed by atoms with van der Waals surface area (Å²) in [6, 6.07) is 43.1. The lowest BCUT2D eigenvalue weighted by Crippen LogP contribution is -2.16. The summed E-state index contributed by atoms with van der Waals surface area (Å²) >= 11 is 1.89. The summed E-state index contributed by atoms with van der Waals surface area (Å²) in [6.07, 6.45) is 0. The van der Waals surface area contributed by atoms with Crippen molar-refractivity contribution < 1.29 is 0 Å². The van der Waals surface area contributed by atoms with Gasteiger partial charge in [-0.2, -0.15) is 0 Å². The molecule has 0 fully saturated rings. The highest BCUT2D eigenvalue weighted by Crippen LogP contribution is 2.50. The van der Waals surface area contributed by atoms with E-state index in [1.54, 1.807) is 0 Å². The normalized spacial score (nSPS) is 12.8. The van der Waals surface area contributed by atoms with Crippen molar-refractivity contribution >= 4 is 80.9 Å². The van der Waals surface area contributed by atoms with Gasteiger partial charge in [0.1, 0.15) is 0 Å². The van der Waals surface area contributed by atoms with Gasteiger partial charge in [0.25, 0.3) is 0 Å². The molecule has 0 atom stereocenters. The molecule has 0 N–H and O–H groups in total. The van der Waals surface area contributed by atoms with Crippen molar-refractivity contribution in [1.82, 2.24) is 0 Å². The first kappa shape index (κ1) is 27.2. The van der Waals surface area contributed by atoms with E-state index in [9.17, 15) is 0 Å². The molecule has 1 nitrogen and oxygen atoms in total. The molecule has 44 heavy (non-hydrogen) atoms. The van der Waals surface area contributed by atoms with Gasteiger partial charge in [-0.25, -0.2) is 0 Å². The Kier molecular flexibility index (Phi) is 5.90. The second-order valence-corrected chi connectivity index (χ2v) is 15.3. The molecule has 8 rings (SSSR count). The average Bonchev–Trinajstić information content (AvgIpc) is 3.39. The van der Waals surface area contributed by atoms with E-state index in [0.29, 0.717) is 0 Å². The number of fused-ring (bicyclic) bond motifs is 3. The first-order valence-corrected chi connectivity index (χ1v) is 16.4. The van der Waals surface area contributed by atoms with Gasteiger partial charge in [-0.1, -0.05) is 126 Å². The Hall–Kier alpha value is -4.40. The van der Waals surface area contributed by atoms with Crippen molar-refractivity contribution in [2.45, 2.75) is 52.4 Å². The third-order valence-electron chi connectivity index (χ3n) is 9.26. The highest BCUT2D eigenvalue weighted by Gasteiger charge is 2.27. The molecule has 0 spiro atoms. The van der Waals surface area contributed by atoms with Gasteiger partial charge in [-0.15, -0.1) is 11.3 Å². The van der Waals surface area contributed by atoms with E-state index in [-0.39, 0.29) is 10.8 Å². The molecule has 0 aliphatic heterocycles. The highest BCUT2D eigenvalue weighted by molar-refractivity contribution is 7.26. The number of thiophene rings is 1. The quantitative estimate of drug-likeness (QED) is 0.186. The van der Waals surface area contributed by atoms with Gasteiger partial charge in [0, 0.05) is 26.5 Å². The molecular weight excluding hydrogens is 551 g/mol. The van der Waals surface area contributed by atoms with Crippen LogP contribution < -0.4 is 4.90 Å². The van der Waals surface area contributed by atoms with E-state index < -0.39 is 0 Å². The molecule has 0 saturated carbocycles. The van der Waals surface area contributed by atoms with Crippen LogP contribution in [0.25, 0.3) is 52.5 Å². The van der Waals surface area contributed by atoms with Crippen molar-refractivity contribution in [3.05, 3.63) is 126 Å². The smallest absolute Gasteiger partial charge is 0.0640 e. The van der Waals surface area contributed by atoms with Crippen molar-refractivity contribution in [2.75, 3.05) is 4.90 Å². The fraction of sp³-hybridized carbons (Fsp3) is 0.190. The molecule has 0 aliphatic carbocycles. The van der Waals surface area contributed by atoms with Crippen LogP contribution in [0.1, 0.15) is 52.7 Å². The van der Waals surface area contributed by atoms with Crippen LogP contribution in [0.4, 0.5) is 17.1 Å². The highest BCUT2D eigenvalue weighted by atomic mass is 32.1. The standard InChI is InChI=1S/C42H37NS/c1-41(2,3)33-24-20-26-19-21-31-34(42(4,5)6)25-36(32-23-22-30(33)38(26)39(31)32)43(27-13-8-7-9-14-27)35-17-12-16-29-28-15-10-11-18-37(28)44-40(29)35/h7-25H,1-6H3. The third kappa shape index (κ3) is 4.04. The average molecular weight is 588 g/mol. The molecule has 0 aliphatic rings. The Morgan fingerprint density at radius 2 is 1.11 bits per heavy atom. The first-order valence-electron chi connectivity index (χ1n) is 15.6. The topological polar surface area (TPSA) is 3.24 Å². The Morgan fingerprint density at radius 3 is 1.89 bits per heavy atom. The first-order chi connectivity index (χ1) is 21.1. The Morgan fingerprint density at radius 1 is 0.477 bits per heavy atom. The Labute approximate surface area is 263 Å². The molecule has 0 amide bonds. The number of nitrogens with zero attached hydrogens (tertiary/aromatic N) is 1. The van der Waals surface area contributed by atoms with Crippen molar-refractivity contribution in [3.8, 4) is 0 Å². The van der Waals surface area contributed by atoms with Crippen LogP contribution in [-0.2, 0) is 10.8 Å². The van der Waals surface area contributed by atoms with Gasteiger partial charge in [-0.3, -0.25) is 0 Å². The van der Waals surface area contributed by atoms with Gasteiger partial charge in [-0.05, 0) is 79.2 Å². The maximum absolute atomic E-state index is 2.52.